The molecule has 0 atom stereocenters. The Balaban J connectivity index is 1.99. The molecule has 196 valence electrons. The minimum Gasteiger partial charge on any atom is -0.490 e. The summed E-state index contributed by atoms with van der Waals surface area (Å²) in [7, 11) is 0. The van der Waals surface area contributed by atoms with Gasteiger partial charge in [-0.05, 0) is 84.0 Å². The number of halogens is 4. The molecule has 0 saturated carbocycles. The highest BCUT2D eigenvalue weighted by molar-refractivity contribution is 14.1. The van der Waals surface area contributed by atoms with Crippen LogP contribution in [0.1, 0.15) is 23.6 Å². The number of ether oxygens (including phenoxy) is 2. The molecule has 0 radical (unpaired) electrons. The molecule has 3 aromatic rings. The third-order valence-electron chi connectivity index (χ3n) is 5.10. The fraction of sp³-hybridized carbons (Fsp3) is 0.154. The van der Waals surface area contributed by atoms with E-state index in [0.29, 0.717) is 27.0 Å². The van der Waals surface area contributed by atoms with Crippen molar-refractivity contribution in [2.45, 2.75) is 20.0 Å². The zero-order chi connectivity index (χ0) is 28.0. The van der Waals surface area contributed by atoms with Crippen LogP contribution >= 0.6 is 22.6 Å². The van der Waals surface area contributed by atoms with E-state index in [4.69, 9.17) is 9.47 Å². The Bertz CT molecular complexity index is 1470. The van der Waals surface area contributed by atoms with E-state index in [1.165, 1.54) is 18.2 Å². The Morgan fingerprint density at radius 2 is 1.89 bits per heavy atom. The highest BCUT2D eigenvalue weighted by atomic mass is 127. The van der Waals surface area contributed by atoms with Crippen LogP contribution < -0.4 is 14.8 Å². The lowest BCUT2D eigenvalue weighted by Gasteiger charge is -2.15. The lowest BCUT2D eigenvalue weighted by Crippen LogP contribution is -2.14. The number of rotatable bonds is 8. The van der Waals surface area contributed by atoms with Crippen molar-refractivity contribution in [3.8, 4) is 23.3 Å². The number of hydrogen-bond donors (Lipinski definition) is 1. The van der Waals surface area contributed by atoms with E-state index in [2.05, 4.69) is 5.32 Å². The molecule has 0 spiro atoms. The zero-order valence-corrected chi connectivity index (χ0v) is 22.1. The maximum absolute atomic E-state index is 13.1. The molecule has 8 nitrogen and oxygen atoms in total. The molecule has 3 rings (SSSR count). The second kappa shape index (κ2) is 12.0. The average Bonchev–Trinajstić information content (AvgIpc) is 2.85. The summed E-state index contributed by atoms with van der Waals surface area (Å²) in [5, 5.41) is 23.7. The Morgan fingerprint density at radius 3 is 2.50 bits per heavy atom. The highest BCUT2D eigenvalue weighted by Gasteiger charge is 2.33. The van der Waals surface area contributed by atoms with E-state index in [9.17, 15) is 33.3 Å². The number of para-hydroxylation sites is 1. The fourth-order valence-corrected chi connectivity index (χ4v) is 4.02. The van der Waals surface area contributed by atoms with Crippen LogP contribution in [0.5, 0.6) is 17.2 Å². The maximum atomic E-state index is 13.1. The van der Waals surface area contributed by atoms with Gasteiger partial charge in [0.05, 0.1) is 20.7 Å². The van der Waals surface area contributed by atoms with Gasteiger partial charge >= 0.3 is 11.9 Å². The topological polar surface area (TPSA) is 114 Å². The first-order chi connectivity index (χ1) is 17.9. The third-order valence-corrected chi connectivity index (χ3v) is 5.90. The van der Waals surface area contributed by atoms with Gasteiger partial charge in [0.15, 0.2) is 11.5 Å². The minimum atomic E-state index is -4.77. The number of nitriles is 1. The third kappa shape index (κ3) is 6.80. The molecule has 38 heavy (non-hydrogen) atoms. The Hall–Kier alpha value is -4.12. The number of amides is 1. The Morgan fingerprint density at radius 1 is 1.18 bits per heavy atom. The van der Waals surface area contributed by atoms with Crippen molar-refractivity contribution in [2.24, 2.45) is 0 Å². The second-order valence-corrected chi connectivity index (χ2v) is 8.90. The number of nitrogens with zero attached hydrogens (tertiary/aromatic N) is 2. The zero-order valence-electron chi connectivity index (χ0n) is 19.9. The fourth-order valence-electron chi connectivity index (χ4n) is 3.28. The molecule has 0 bridgehead atoms. The number of aryl methyl sites for hydroxylation is 1. The normalized spacial score (nSPS) is 11.4. The van der Waals surface area contributed by atoms with Gasteiger partial charge in [-0.15, -0.1) is 0 Å². The van der Waals surface area contributed by atoms with Crippen LogP contribution in [0.15, 0.2) is 60.2 Å². The second-order valence-electron chi connectivity index (χ2n) is 7.74. The number of hydrogen-bond acceptors (Lipinski definition) is 6. The summed E-state index contributed by atoms with van der Waals surface area (Å²) < 4.78 is 50.8. The van der Waals surface area contributed by atoms with Crippen molar-refractivity contribution in [3.05, 3.63) is 90.5 Å². The number of benzene rings is 3. The predicted octanol–water partition coefficient (Wildman–Crippen LogP) is 7.26. The van der Waals surface area contributed by atoms with Crippen LogP contribution in [-0.2, 0) is 11.0 Å². The molecule has 1 N–H and O–H groups in total. The number of nitro benzene ring substituents is 1. The number of carbonyl (C=O) groups excluding carboxylic acids is 1. The summed E-state index contributed by atoms with van der Waals surface area (Å²) in [5.41, 5.74) is -0.510. The molecule has 0 aliphatic carbocycles. The van der Waals surface area contributed by atoms with Crippen molar-refractivity contribution >= 4 is 45.9 Å². The average molecular weight is 637 g/mol. The van der Waals surface area contributed by atoms with Crippen molar-refractivity contribution in [1.29, 1.82) is 5.26 Å². The summed E-state index contributed by atoms with van der Waals surface area (Å²) in [6.07, 6.45) is -3.44. The van der Waals surface area contributed by atoms with Gasteiger partial charge in [-0.25, -0.2) is 0 Å². The maximum Gasteiger partial charge on any atom is 0.416 e. The molecule has 1 amide bonds. The Labute approximate surface area is 229 Å². The molecule has 0 heterocycles. The monoisotopic (exact) mass is 637 g/mol. The SMILES string of the molecule is CCOc1cc(/C=C(\C#N)C(=O)Nc2ccccc2C)cc(I)c1Oc1ccc(C(F)(F)F)cc1[N+](=O)[O-]. The first-order valence-electron chi connectivity index (χ1n) is 10.9. The van der Waals surface area contributed by atoms with Gasteiger partial charge in [0.1, 0.15) is 11.6 Å². The van der Waals surface area contributed by atoms with Crippen molar-refractivity contribution in [2.75, 3.05) is 11.9 Å². The lowest BCUT2D eigenvalue weighted by atomic mass is 10.1. The molecule has 0 saturated heterocycles. The molecular weight excluding hydrogens is 618 g/mol. The van der Waals surface area contributed by atoms with Crippen LogP contribution in [-0.4, -0.2) is 17.4 Å². The molecule has 0 unspecified atom stereocenters. The van der Waals surface area contributed by atoms with Crippen molar-refractivity contribution in [1.82, 2.24) is 0 Å². The number of nitrogens with one attached hydrogen (secondary N) is 1. The predicted molar refractivity (Wildman–Crippen MR) is 142 cm³/mol. The van der Waals surface area contributed by atoms with Gasteiger partial charge in [0.25, 0.3) is 5.91 Å². The van der Waals surface area contributed by atoms with E-state index in [-0.39, 0.29) is 23.7 Å². The van der Waals surface area contributed by atoms with E-state index in [1.807, 2.05) is 47.7 Å². The van der Waals surface area contributed by atoms with Crippen molar-refractivity contribution < 1.29 is 32.4 Å². The van der Waals surface area contributed by atoms with Gasteiger partial charge in [0, 0.05) is 11.8 Å². The Kier molecular flexibility index (Phi) is 8.95. The van der Waals surface area contributed by atoms with E-state index >= 15 is 0 Å². The summed E-state index contributed by atoms with van der Waals surface area (Å²) in [5.74, 6) is -0.914. The van der Waals surface area contributed by atoms with Gasteiger partial charge in [-0.3, -0.25) is 14.9 Å². The van der Waals surface area contributed by atoms with Crippen LogP contribution in [0.2, 0.25) is 0 Å². The molecule has 0 aliphatic rings. The summed E-state index contributed by atoms with van der Waals surface area (Å²) in [6.45, 7) is 3.64. The van der Waals surface area contributed by atoms with Crippen LogP contribution in [0.25, 0.3) is 6.08 Å². The van der Waals surface area contributed by atoms with Gasteiger partial charge in [-0.1, -0.05) is 18.2 Å². The number of alkyl halides is 3. The highest BCUT2D eigenvalue weighted by Crippen LogP contribution is 2.42. The summed E-state index contributed by atoms with van der Waals surface area (Å²) in [4.78, 5) is 23.2. The van der Waals surface area contributed by atoms with Crippen LogP contribution in [0.4, 0.5) is 24.5 Å². The number of anilines is 1. The molecular formula is C26H19F3IN3O5. The molecule has 12 heteroatoms. The standard InChI is InChI=1S/C26H19F3IN3O5/c1-3-37-23-12-16(10-17(14-31)25(34)32-20-7-5-4-6-15(20)2)11-19(30)24(23)38-22-9-8-18(26(27,28)29)13-21(22)33(35)36/h4-13H,3H2,1-2H3,(H,32,34)/b17-10+. The quantitative estimate of drug-likeness (QED) is 0.0915. The van der Waals surface area contributed by atoms with Gasteiger partial charge in [-0.2, -0.15) is 18.4 Å². The van der Waals surface area contributed by atoms with Crippen molar-refractivity contribution in [3.63, 3.8) is 0 Å². The molecule has 0 aromatic heterocycles. The van der Waals surface area contributed by atoms with E-state index in [1.54, 1.807) is 19.1 Å². The van der Waals surface area contributed by atoms with E-state index in [0.717, 1.165) is 11.6 Å². The van der Waals surface area contributed by atoms with Gasteiger partial charge in [0.2, 0.25) is 5.75 Å². The minimum absolute atomic E-state index is 0.0235. The first kappa shape index (κ1) is 28.5. The first-order valence-corrected chi connectivity index (χ1v) is 12.0. The largest absolute Gasteiger partial charge is 0.490 e. The number of carbonyl (C=O) groups is 1. The molecule has 0 fully saturated rings. The molecule has 0 aliphatic heterocycles. The summed E-state index contributed by atoms with van der Waals surface area (Å²) in [6, 6.07) is 13.9. The van der Waals surface area contributed by atoms with Crippen LogP contribution in [0, 0.1) is 31.9 Å². The lowest BCUT2D eigenvalue weighted by molar-refractivity contribution is -0.385. The number of nitro groups is 1. The van der Waals surface area contributed by atoms with Gasteiger partial charge < -0.3 is 14.8 Å². The molecule has 3 aromatic carbocycles. The van der Waals surface area contributed by atoms with Crippen LogP contribution in [0.3, 0.4) is 0 Å². The smallest absolute Gasteiger partial charge is 0.416 e. The summed E-state index contributed by atoms with van der Waals surface area (Å²) >= 11 is 1.86. The van der Waals surface area contributed by atoms with E-state index < -0.39 is 34.0 Å².